The summed E-state index contributed by atoms with van der Waals surface area (Å²) in [4.78, 5) is 0.229. The van der Waals surface area contributed by atoms with Crippen LogP contribution >= 0.6 is 11.6 Å². The van der Waals surface area contributed by atoms with Gasteiger partial charge < -0.3 is 10.4 Å². The van der Waals surface area contributed by atoms with Gasteiger partial charge in [-0.15, -0.1) is 0 Å². The van der Waals surface area contributed by atoms with Gasteiger partial charge in [0.1, 0.15) is 0 Å². The van der Waals surface area contributed by atoms with E-state index in [-0.39, 0.29) is 4.90 Å². The lowest BCUT2D eigenvalue weighted by atomic mass is 10.0. The average Bonchev–Trinajstić information content (AvgIpc) is 2.29. The van der Waals surface area contributed by atoms with E-state index in [1.165, 1.54) is 0 Å². The normalized spacial score (nSPS) is 15.1. The van der Waals surface area contributed by atoms with Crippen molar-refractivity contribution in [2.45, 2.75) is 43.7 Å². The van der Waals surface area contributed by atoms with Crippen LogP contribution in [0.3, 0.4) is 0 Å². The fraction of sp³-hybridized carbons (Fsp3) is 0.571. The molecule has 0 heterocycles. The van der Waals surface area contributed by atoms with Crippen LogP contribution in [0.15, 0.2) is 23.1 Å². The summed E-state index contributed by atoms with van der Waals surface area (Å²) in [5, 5.41) is 13.6. The fourth-order valence-electron chi connectivity index (χ4n) is 2.14. The maximum absolute atomic E-state index is 11.7. The number of sulfone groups is 1. The van der Waals surface area contributed by atoms with Crippen LogP contribution in [0.2, 0.25) is 5.02 Å². The minimum Gasteiger partial charge on any atom is -0.389 e. The van der Waals surface area contributed by atoms with Gasteiger partial charge >= 0.3 is 0 Å². The Morgan fingerprint density at radius 1 is 1.40 bits per heavy atom. The number of aliphatic hydroxyl groups is 1. The zero-order valence-electron chi connectivity index (χ0n) is 12.1. The van der Waals surface area contributed by atoms with E-state index >= 15 is 0 Å². The molecule has 1 aromatic rings. The van der Waals surface area contributed by atoms with Gasteiger partial charge in [-0.25, -0.2) is 8.42 Å². The lowest BCUT2D eigenvalue weighted by Crippen LogP contribution is -2.37. The Kier molecular flexibility index (Phi) is 6.01. The molecule has 20 heavy (non-hydrogen) atoms. The third-order valence-electron chi connectivity index (χ3n) is 3.07. The van der Waals surface area contributed by atoms with Gasteiger partial charge in [-0.05, 0) is 25.5 Å². The summed E-state index contributed by atoms with van der Waals surface area (Å²) in [7, 11) is -3.32. The molecule has 0 amide bonds. The molecule has 1 aromatic carbocycles. The second-order valence-corrected chi connectivity index (χ2v) is 7.73. The molecule has 4 nitrogen and oxygen atoms in total. The molecule has 0 spiro atoms. The molecule has 6 heteroatoms. The monoisotopic (exact) mass is 319 g/mol. The van der Waals surface area contributed by atoms with E-state index in [9.17, 15) is 13.5 Å². The van der Waals surface area contributed by atoms with Gasteiger partial charge in [0.15, 0.2) is 9.84 Å². The van der Waals surface area contributed by atoms with Crippen molar-refractivity contribution in [3.63, 3.8) is 0 Å². The minimum absolute atomic E-state index is 0.229. The highest BCUT2D eigenvalue weighted by Crippen LogP contribution is 2.24. The third kappa shape index (κ3) is 5.05. The zero-order valence-corrected chi connectivity index (χ0v) is 13.7. The van der Waals surface area contributed by atoms with Crippen LogP contribution in [-0.2, 0) is 16.4 Å². The summed E-state index contributed by atoms with van der Waals surface area (Å²) in [6.07, 6.45) is 2.73. The highest BCUT2D eigenvalue weighted by atomic mass is 35.5. The molecule has 1 rings (SSSR count). The quantitative estimate of drug-likeness (QED) is 0.810. The maximum atomic E-state index is 11.7. The minimum atomic E-state index is -3.32. The Morgan fingerprint density at radius 2 is 2.05 bits per heavy atom. The van der Waals surface area contributed by atoms with Gasteiger partial charge in [0, 0.05) is 29.9 Å². The predicted octanol–water partition coefficient (Wildman–Crippen LogP) is 2.38. The van der Waals surface area contributed by atoms with E-state index in [1.54, 1.807) is 25.1 Å². The lowest BCUT2D eigenvalue weighted by Gasteiger charge is -2.23. The molecule has 0 aromatic heterocycles. The highest BCUT2D eigenvalue weighted by Gasteiger charge is 2.20. The molecule has 0 aliphatic heterocycles. The van der Waals surface area contributed by atoms with Gasteiger partial charge in [0.2, 0.25) is 0 Å². The van der Waals surface area contributed by atoms with Crippen molar-refractivity contribution in [3.8, 4) is 0 Å². The predicted molar refractivity (Wildman–Crippen MR) is 81.8 cm³/mol. The Labute approximate surface area is 126 Å². The number of hydrogen-bond donors (Lipinski definition) is 2. The molecule has 0 aliphatic carbocycles. The van der Waals surface area contributed by atoms with Gasteiger partial charge in [-0.3, -0.25) is 0 Å². The zero-order chi connectivity index (χ0) is 15.4. The second-order valence-electron chi connectivity index (χ2n) is 5.34. The molecule has 0 bridgehead atoms. The van der Waals surface area contributed by atoms with Crippen LogP contribution in [-0.4, -0.2) is 31.9 Å². The molecule has 0 radical (unpaired) electrons. The molecule has 0 fully saturated rings. The molecule has 0 aliphatic rings. The van der Waals surface area contributed by atoms with Crippen molar-refractivity contribution >= 4 is 21.4 Å². The van der Waals surface area contributed by atoms with E-state index in [0.29, 0.717) is 30.1 Å². The number of nitrogens with one attached hydrogen (secondary N) is 1. The SMILES string of the molecule is CCCC(C)(O)CNCc1c(Cl)cccc1S(C)(=O)=O. The number of benzene rings is 1. The summed E-state index contributed by atoms with van der Waals surface area (Å²) < 4.78 is 23.5. The highest BCUT2D eigenvalue weighted by molar-refractivity contribution is 7.90. The summed E-state index contributed by atoms with van der Waals surface area (Å²) in [6.45, 7) is 4.45. The molecule has 0 saturated carbocycles. The first-order valence-electron chi connectivity index (χ1n) is 6.58. The van der Waals surface area contributed by atoms with Crippen LogP contribution in [0.5, 0.6) is 0 Å². The van der Waals surface area contributed by atoms with E-state index in [2.05, 4.69) is 5.32 Å². The topological polar surface area (TPSA) is 66.4 Å². The summed E-state index contributed by atoms with van der Waals surface area (Å²) >= 11 is 6.08. The first-order chi connectivity index (χ1) is 9.17. The first-order valence-corrected chi connectivity index (χ1v) is 8.85. The van der Waals surface area contributed by atoms with Gasteiger partial charge in [-0.1, -0.05) is 31.0 Å². The van der Waals surface area contributed by atoms with E-state index in [4.69, 9.17) is 11.6 Å². The molecular formula is C14H22ClNO3S. The van der Waals surface area contributed by atoms with Crippen molar-refractivity contribution in [2.75, 3.05) is 12.8 Å². The standard InChI is InChI=1S/C14H22ClNO3S/c1-4-8-14(2,17)10-16-9-11-12(15)6-5-7-13(11)20(3,18)19/h5-7,16-17H,4,8-10H2,1-3H3. The van der Waals surface area contributed by atoms with E-state index in [1.807, 2.05) is 6.92 Å². The second kappa shape index (κ2) is 6.89. The number of rotatable bonds is 7. The first kappa shape index (κ1) is 17.4. The molecule has 114 valence electrons. The molecule has 0 saturated heterocycles. The van der Waals surface area contributed by atoms with Crippen LogP contribution in [0.4, 0.5) is 0 Å². The molecule has 1 unspecified atom stereocenters. The van der Waals surface area contributed by atoms with Crippen LogP contribution in [0.1, 0.15) is 32.3 Å². The third-order valence-corrected chi connectivity index (χ3v) is 4.61. The Morgan fingerprint density at radius 3 is 2.60 bits per heavy atom. The van der Waals surface area contributed by atoms with Crippen molar-refractivity contribution in [3.05, 3.63) is 28.8 Å². The lowest BCUT2D eigenvalue weighted by molar-refractivity contribution is 0.0497. The Hall–Kier alpha value is -0.620. The maximum Gasteiger partial charge on any atom is 0.175 e. The summed E-state index contributed by atoms with van der Waals surface area (Å²) in [6, 6.07) is 4.83. The van der Waals surface area contributed by atoms with Crippen LogP contribution in [0.25, 0.3) is 0 Å². The molecule has 2 N–H and O–H groups in total. The Bertz CT molecular complexity index is 556. The van der Waals surface area contributed by atoms with Gasteiger partial charge in [0.05, 0.1) is 10.5 Å². The summed E-state index contributed by atoms with van der Waals surface area (Å²) in [5.74, 6) is 0. The van der Waals surface area contributed by atoms with Crippen molar-refractivity contribution in [1.82, 2.24) is 5.32 Å². The smallest absolute Gasteiger partial charge is 0.175 e. The summed E-state index contributed by atoms with van der Waals surface area (Å²) in [5.41, 5.74) is -0.259. The van der Waals surface area contributed by atoms with Crippen LogP contribution in [0, 0.1) is 0 Å². The van der Waals surface area contributed by atoms with Crippen molar-refractivity contribution in [2.24, 2.45) is 0 Å². The largest absolute Gasteiger partial charge is 0.389 e. The molecule has 1 atom stereocenters. The Balaban J connectivity index is 2.84. The fourth-order valence-corrected chi connectivity index (χ4v) is 3.39. The average molecular weight is 320 g/mol. The molecular weight excluding hydrogens is 298 g/mol. The van der Waals surface area contributed by atoms with E-state index < -0.39 is 15.4 Å². The van der Waals surface area contributed by atoms with Gasteiger partial charge in [0.25, 0.3) is 0 Å². The van der Waals surface area contributed by atoms with Crippen LogP contribution < -0.4 is 5.32 Å². The van der Waals surface area contributed by atoms with Crippen molar-refractivity contribution in [1.29, 1.82) is 0 Å². The van der Waals surface area contributed by atoms with Crippen molar-refractivity contribution < 1.29 is 13.5 Å². The number of hydrogen-bond acceptors (Lipinski definition) is 4. The van der Waals surface area contributed by atoms with E-state index in [0.717, 1.165) is 12.7 Å². The van der Waals surface area contributed by atoms with Gasteiger partial charge in [-0.2, -0.15) is 0 Å². The number of halogens is 1.